The monoisotopic (exact) mass is 226 g/mol. The average Bonchev–Trinajstić information content (AvgIpc) is 2.64. The Hall–Kier alpha value is -1.32. The normalized spacial score (nSPS) is 9.69. The molecule has 4 heteroatoms. The molecular formula is C12H22N2O2. The van der Waals surface area contributed by atoms with Crippen LogP contribution >= 0.6 is 0 Å². The number of nitrogens with zero attached hydrogens (tertiary/aromatic N) is 2. The van der Waals surface area contributed by atoms with Crippen LogP contribution < -0.4 is 0 Å². The second-order valence-electron chi connectivity index (χ2n) is 3.45. The number of carbonyl (C=O) groups is 1. The predicted molar refractivity (Wildman–Crippen MR) is 64.7 cm³/mol. The van der Waals surface area contributed by atoms with Gasteiger partial charge in [-0.3, -0.25) is 4.68 Å². The fraction of sp³-hybridized carbons (Fsp3) is 0.667. The van der Waals surface area contributed by atoms with Gasteiger partial charge in [-0.05, 0) is 27.7 Å². The minimum absolute atomic E-state index is 0.261. The van der Waals surface area contributed by atoms with Crippen molar-refractivity contribution in [2.45, 2.75) is 47.6 Å². The second kappa shape index (κ2) is 7.04. The minimum atomic E-state index is -0.343. The summed E-state index contributed by atoms with van der Waals surface area (Å²) in [6, 6.07) is 0.261. The van der Waals surface area contributed by atoms with Crippen LogP contribution in [0.2, 0.25) is 0 Å². The molecule has 4 nitrogen and oxygen atoms in total. The van der Waals surface area contributed by atoms with Gasteiger partial charge in [-0.1, -0.05) is 13.8 Å². The van der Waals surface area contributed by atoms with E-state index in [9.17, 15) is 4.79 Å². The molecule has 0 unspecified atom stereocenters. The summed E-state index contributed by atoms with van der Waals surface area (Å²) in [4.78, 5) is 11.4. The van der Waals surface area contributed by atoms with Gasteiger partial charge in [-0.25, -0.2) is 4.79 Å². The van der Waals surface area contributed by atoms with E-state index in [2.05, 4.69) is 5.10 Å². The van der Waals surface area contributed by atoms with Crippen molar-refractivity contribution >= 4 is 5.97 Å². The van der Waals surface area contributed by atoms with E-state index < -0.39 is 0 Å². The Morgan fingerprint density at radius 1 is 1.50 bits per heavy atom. The van der Waals surface area contributed by atoms with Crippen molar-refractivity contribution in [2.24, 2.45) is 0 Å². The topological polar surface area (TPSA) is 44.1 Å². The molecule has 0 saturated carbocycles. The van der Waals surface area contributed by atoms with Crippen LogP contribution in [0.25, 0.3) is 0 Å². The predicted octanol–water partition coefficient (Wildman–Crippen LogP) is 2.98. The molecule has 1 aromatic rings. The lowest BCUT2D eigenvalue weighted by molar-refractivity contribution is 0.0517. The standard InChI is InChI=1S/C10H16N2O2.C2H6/c1-5-14-10(13)9-8(4)6-12(11-9)7(2)3;1-2/h6-7H,5H2,1-4H3;1-2H3. The molecule has 0 atom stereocenters. The third-order valence-electron chi connectivity index (χ3n) is 1.91. The first-order valence-corrected chi connectivity index (χ1v) is 5.79. The van der Waals surface area contributed by atoms with E-state index >= 15 is 0 Å². The first-order valence-electron chi connectivity index (χ1n) is 5.79. The van der Waals surface area contributed by atoms with Crippen LogP contribution in [0.4, 0.5) is 0 Å². The number of rotatable bonds is 3. The van der Waals surface area contributed by atoms with Crippen LogP contribution in [0, 0.1) is 6.92 Å². The summed E-state index contributed by atoms with van der Waals surface area (Å²) in [5.74, 6) is -0.343. The highest BCUT2D eigenvalue weighted by molar-refractivity contribution is 5.88. The molecular weight excluding hydrogens is 204 g/mol. The zero-order valence-electron chi connectivity index (χ0n) is 11.1. The largest absolute Gasteiger partial charge is 0.461 e. The van der Waals surface area contributed by atoms with Crippen molar-refractivity contribution in [3.63, 3.8) is 0 Å². The van der Waals surface area contributed by atoms with Crippen molar-refractivity contribution in [1.29, 1.82) is 0 Å². The zero-order chi connectivity index (χ0) is 12.7. The maximum absolute atomic E-state index is 11.4. The Labute approximate surface area is 97.6 Å². The molecule has 16 heavy (non-hydrogen) atoms. The van der Waals surface area contributed by atoms with Gasteiger partial charge in [-0.15, -0.1) is 0 Å². The summed E-state index contributed by atoms with van der Waals surface area (Å²) in [5, 5.41) is 4.17. The van der Waals surface area contributed by atoms with Gasteiger partial charge in [0.05, 0.1) is 6.61 Å². The summed E-state index contributed by atoms with van der Waals surface area (Å²) in [7, 11) is 0. The van der Waals surface area contributed by atoms with Crippen molar-refractivity contribution in [1.82, 2.24) is 9.78 Å². The Morgan fingerprint density at radius 3 is 2.44 bits per heavy atom. The van der Waals surface area contributed by atoms with E-state index in [4.69, 9.17) is 4.74 Å². The lowest BCUT2D eigenvalue weighted by Gasteiger charge is -2.03. The Kier molecular flexibility index (Phi) is 6.46. The summed E-state index contributed by atoms with van der Waals surface area (Å²) in [6.45, 7) is 12.1. The van der Waals surface area contributed by atoms with E-state index in [0.717, 1.165) is 5.56 Å². The SMILES string of the molecule is CC.CCOC(=O)c1nn(C(C)C)cc1C. The number of esters is 1. The molecule has 0 aliphatic rings. The van der Waals surface area contributed by atoms with Gasteiger partial charge in [0.2, 0.25) is 0 Å². The van der Waals surface area contributed by atoms with Gasteiger partial charge in [-0.2, -0.15) is 5.10 Å². The van der Waals surface area contributed by atoms with Crippen LogP contribution in [-0.4, -0.2) is 22.4 Å². The van der Waals surface area contributed by atoms with Crippen molar-refractivity contribution in [2.75, 3.05) is 6.61 Å². The molecule has 0 aromatic carbocycles. The first kappa shape index (κ1) is 14.7. The van der Waals surface area contributed by atoms with Crippen molar-refractivity contribution in [3.8, 4) is 0 Å². The Bertz CT molecular complexity index is 330. The third kappa shape index (κ3) is 3.68. The highest BCUT2D eigenvalue weighted by Crippen LogP contribution is 2.11. The number of carbonyl (C=O) groups excluding carboxylic acids is 1. The second-order valence-corrected chi connectivity index (χ2v) is 3.45. The van der Waals surface area contributed by atoms with Crippen LogP contribution in [0.5, 0.6) is 0 Å². The quantitative estimate of drug-likeness (QED) is 0.744. The minimum Gasteiger partial charge on any atom is -0.461 e. The molecule has 0 aliphatic heterocycles. The molecule has 1 heterocycles. The fourth-order valence-electron chi connectivity index (χ4n) is 1.15. The molecule has 0 spiro atoms. The number of aryl methyl sites for hydroxylation is 1. The summed E-state index contributed by atoms with van der Waals surface area (Å²) in [6.07, 6.45) is 1.86. The number of hydrogen-bond donors (Lipinski definition) is 0. The van der Waals surface area contributed by atoms with Crippen LogP contribution in [0.3, 0.4) is 0 Å². The maximum Gasteiger partial charge on any atom is 0.359 e. The third-order valence-corrected chi connectivity index (χ3v) is 1.91. The van der Waals surface area contributed by atoms with Gasteiger partial charge in [0.1, 0.15) is 0 Å². The van der Waals surface area contributed by atoms with Gasteiger partial charge in [0, 0.05) is 17.8 Å². The molecule has 0 fully saturated rings. The number of hydrogen-bond acceptors (Lipinski definition) is 3. The maximum atomic E-state index is 11.4. The first-order chi connectivity index (χ1) is 7.56. The molecule has 0 radical (unpaired) electrons. The van der Waals surface area contributed by atoms with Crippen LogP contribution in [-0.2, 0) is 4.74 Å². The summed E-state index contributed by atoms with van der Waals surface area (Å²) >= 11 is 0. The molecule has 0 aliphatic carbocycles. The van der Waals surface area contributed by atoms with Gasteiger partial charge in [0.15, 0.2) is 5.69 Å². The van der Waals surface area contributed by atoms with Gasteiger partial charge in [0.25, 0.3) is 0 Å². The Morgan fingerprint density at radius 2 is 2.06 bits per heavy atom. The van der Waals surface area contributed by atoms with E-state index in [-0.39, 0.29) is 12.0 Å². The van der Waals surface area contributed by atoms with E-state index in [1.54, 1.807) is 11.6 Å². The zero-order valence-corrected chi connectivity index (χ0v) is 11.1. The van der Waals surface area contributed by atoms with Gasteiger partial charge >= 0.3 is 5.97 Å². The molecule has 92 valence electrons. The number of ether oxygens (including phenoxy) is 1. The lowest BCUT2D eigenvalue weighted by atomic mass is 10.3. The van der Waals surface area contributed by atoms with Crippen LogP contribution in [0.1, 0.15) is 56.7 Å². The molecule has 1 rings (SSSR count). The van der Waals surface area contributed by atoms with E-state index in [1.807, 2.05) is 40.8 Å². The van der Waals surface area contributed by atoms with Gasteiger partial charge < -0.3 is 4.74 Å². The molecule has 0 saturated heterocycles. The van der Waals surface area contributed by atoms with E-state index in [0.29, 0.717) is 12.3 Å². The number of aromatic nitrogens is 2. The van der Waals surface area contributed by atoms with Crippen LogP contribution in [0.15, 0.2) is 6.20 Å². The van der Waals surface area contributed by atoms with Crippen molar-refractivity contribution < 1.29 is 9.53 Å². The summed E-state index contributed by atoms with van der Waals surface area (Å²) in [5.41, 5.74) is 1.28. The fourth-order valence-corrected chi connectivity index (χ4v) is 1.15. The average molecular weight is 226 g/mol. The highest BCUT2D eigenvalue weighted by atomic mass is 16.5. The van der Waals surface area contributed by atoms with Crippen molar-refractivity contribution in [3.05, 3.63) is 17.5 Å². The summed E-state index contributed by atoms with van der Waals surface area (Å²) < 4.78 is 6.65. The smallest absolute Gasteiger partial charge is 0.359 e. The molecule has 0 N–H and O–H groups in total. The van der Waals surface area contributed by atoms with E-state index in [1.165, 1.54) is 0 Å². The lowest BCUT2D eigenvalue weighted by Crippen LogP contribution is -2.08. The highest BCUT2D eigenvalue weighted by Gasteiger charge is 2.15. The molecule has 1 aromatic heterocycles. The molecule has 0 bridgehead atoms. The Balaban J connectivity index is 0.00000106. The molecule has 0 amide bonds.